The molecule has 2 amide bonds. The van der Waals surface area contributed by atoms with Gasteiger partial charge in [0.05, 0.1) is 16.8 Å². The highest BCUT2D eigenvalue weighted by Crippen LogP contribution is 2.35. The number of carbonyl (C=O) groups is 2. The van der Waals surface area contributed by atoms with Crippen LogP contribution in [0, 0.1) is 5.92 Å². The first-order chi connectivity index (χ1) is 16.9. The molecule has 3 aliphatic rings. The van der Waals surface area contributed by atoms with Crippen molar-refractivity contribution in [2.45, 2.75) is 103 Å². The summed E-state index contributed by atoms with van der Waals surface area (Å²) in [6.45, 7) is 9.86. The predicted octanol–water partition coefficient (Wildman–Crippen LogP) is 5.27. The zero-order valence-electron chi connectivity index (χ0n) is 21.7. The Morgan fingerprint density at radius 3 is 2.74 bits per heavy atom. The van der Waals surface area contributed by atoms with Crippen LogP contribution in [0.2, 0.25) is 0 Å². The molecular formula is C28H42N4O2S. The molecule has 4 heterocycles. The van der Waals surface area contributed by atoms with E-state index in [0.717, 1.165) is 67.0 Å². The van der Waals surface area contributed by atoms with Gasteiger partial charge in [0.25, 0.3) is 5.91 Å². The average molecular weight is 499 g/mol. The number of thiophene rings is 1. The number of piperidine rings is 1. The first-order valence-electron chi connectivity index (χ1n) is 13.8. The normalized spacial score (nSPS) is 30.0. The van der Waals surface area contributed by atoms with Gasteiger partial charge in [-0.3, -0.25) is 9.59 Å². The van der Waals surface area contributed by atoms with Gasteiger partial charge in [-0.2, -0.15) is 0 Å². The lowest BCUT2D eigenvalue weighted by Gasteiger charge is -2.45. The van der Waals surface area contributed by atoms with Gasteiger partial charge in [0, 0.05) is 25.2 Å². The van der Waals surface area contributed by atoms with Crippen LogP contribution in [0.15, 0.2) is 17.5 Å². The van der Waals surface area contributed by atoms with Gasteiger partial charge in [-0.1, -0.05) is 20.3 Å². The Balaban J connectivity index is 1.36. The number of rotatable bonds is 7. The van der Waals surface area contributed by atoms with E-state index in [0.29, 0.717) is 19.1 Å². The highest BCUT2D eigenvalue weighted by Gasteiger charge is 2.48. The summed E-state index contributed by atoms with van der Waals surface area (Å²) in [6, 6.07) is 4.98. The van der Waals surface area contributed by atoms with Gasteiger partial charge in [0.2, 0.25) is 5.91 Å². The summed E-state index contributed by atoms with van der Waals surface area (Å²) < 4.78 is 3.21. The second-order valence-corrected chi connectivity index (χ2v) is 12.3. The quantitative estimate of drug-likeness (QED) is 0.566. The third kappa shape index (κ3) is 4.78. The van der Waals surface area contributed by atoms with Gasteiger partial charge in [-0.15, -0.1) is 11.3 Å². The van der Waals surface area contributed by atoms with Crippen LogP contribution in [0.4, 0.5) is 0 Å². The molecule has 2 aromatic rings. The summed E-state index contributed by atoms with van der Waals surface area (Å²) in [6.07, 6.45) is 10.4. The maximum atomic E-state index is 13.9. The molecule has 1 saturated carbocycles. The Kier molecular flexibility index (Phi) is 7.27. The van der Waals surface area contributed by atoms with Crippen molar-refractivity contribution < 1.29 is 9.59 Å². The summed E-state index contributed by atoms with van der Waals surface area (Å²) >= 11 is 1.66. The van der Waals surface area contributed by atoms with E-state index in [1.54, 1.807) is 11.3 Å². The Labute approximate surface area is 214 Å². The second kappa shape index (κ2) is 10.3. The van der Waals surface area contributed by atoms with Gasteiger partial charge >= 0.3 is 0 Å². The number of nitrogens with zero attached hydrogens (tertiary/aromatic N) is 3. The third-order valence-corrected chi connectivity index (χ3v) is 9.79. The number of carbonyl (C=O) groups excluding carboxylic acids is 2. The van der Waals surface area contributed by atoms with Crippen molar-refractivity contribution in [3.05, 3.63) is 23.2 Å². The molecule has 0 aromatic carbocycles. The molecule has 5 rings (SSSR count). The lowest BCUT2D eigenvalue weighted by atomic mass is 9.86. The van der Waals surface area contributed by atoms with E-state index in [-0.39, 0.29) is 17.9 Å². The number of nitrogens with one attached hydrogen (secondary N) is 1. The van der Waals surface area contributed by atoms with E-state index in [9.17, 15) is 9.59 Å². The summed E-state index contributed by atoms with van der Waals surface area (Å²) in [5.41, 5.74) is 0.920. The minimum Gasteiger partial charge on any atom is -0.351 e. The molecule has 6 nitrogen and oxygen atoms in total. The van der Waals surface area contributed by atoms with Crippen molar-refractivity contribution in [3.63, 3.8) is 0 Å². The second-order valence-electron chi connectivity index (χ2n) is 11.4. The molecule has 35 heavy (non-hydrogen) atoms. The number of fused-ring (bicyclic) bond motifs is 3. The molecule has 1 N–H and O–H groups in total. The maximum Gasteiger partial charge on any atom is 0.271 e. The van der Waals surface area contributed by atoms with Crippen molar-refractivity contribution in [1.82, 2.24) is 19.7 Å². The minimum atomic E-state index is -0.882. The fourth-order valence-corrected chi connectivity index (χ4v) is 7.44. The Bertz CT molecular complexity index is 1050. The SMILES string of the molecule is CCC1CCCCN1CCCN1C(=O)c2cc3sccc3n2CC1(C)C(=O)NC1CCC(C)CC1. The van der Waals surface area contributed by atoms with E-state index >= 15 is 0 Å². The topological polar surface area (TPSA) is 57.6 Å². The highest BCUT2D eigenvalue weighted by atomic mass is 32.1. The molecule has 2 atom stereocenters. The molecule has 1 aliphatic carbocycles. The van der Waals surface area contributed by atoms with Crippen LogP contribution in [0.25, 0.3) is 10.2 Å². The standard InChI is InChI=1S/C28H42N4O2S/c1-4-22-8-5-6-14-30(22)15-7-16-32-26(33)24-18-25-23(13-17-35-25)31(24)19-28(32,3)27(34)29-21-11-9-20(2)10-12-21/h13,17-18,20-22H,4-12,14-16,19H2,1-3H3,(H,29,34). The van der Waals surface area contributed by atoms with E-state index in [2.05, 4.69) is 40.1 Å². The third-order valence-electron chi connectivity index (χ3n) is 8.94. The van der Waals surface area contributed by atoms with Gasteiger partial charge in [0.15, 0.2) is 0 Å². The largest absolute Gasteiger partial charge is 0.351 e. The van der Waals surface area contributed by atoms with Gasteiger partial charge < -0.3 is 19.7 Å². The Hall–Kier alpha value is -1.86. The van der Waals surface area contributed by atoms with Crippen molar-refractivity contribution in [1.29, 1.82) is 0 Å². The van der Waals surface area contributed by atoms with Gasteiger partial charge in [-0.05, 0) is 88.3 Å². The summed E-state index contributed by atoms with van der Waals surface area (Å²) in [7, 11) is 0. The molecule has 2 aromatic heterocycles. The van der Waals surface area contributed by atoms with Crippen molar-refractivity contribution >= 4 is 33.4 Å². The average Bonchev–Trinajstić information content (AvgIpc) is 3.45. The van der Waals surface area contributed by atoms with Crippen molar-refractivity contribution in [2.24, 2.45) is 5.92 Å². The Morgan fingerprint density at radius 2 is 1.97 bits per heavy atom. The summed E-state index contributed by atoms with van der Waals surface area (Å²) in [4.78, 5) is 32.2. The molecule has 0 spiro atoms. The first-order valence-corrected chi connectivity index (χ1v) is 14.7. The molecular weight excluding hydrogens is 456 g/mol. The Morgan fingerprint density at radius 1 is 1.17 bits per heavy atom. The van der Waals surface area contributed by atoms with Crippen LogP contribution in [0.3, 0.4) is 0 Å². The van der Waals surface area contributed by atoms with E-state index in [1.165, 1.54) is 25.7 Å². The molecule has 1 saturated heterocycles. The molecule has 2 unspecified atom stereocenters. The van der Waals surface area contributed by atoms with Crippen molar-refractivity contribution in [3.8, 4) is 0 Å². The summed E-state index contributed by atoms with van der Waals surface area (Å²) in [5.74, 6) is 0.750. The maximum absolute atomic E-state index is 13.9. The molecule has 7 heteroatoms. The van der Waals surface area contributed by atoms with Crippen LogP contribution in [0.5, 0.6) is 0 Å². The fraction of sp³-hybridized carbons (Fsp3) is 0.714. The lowest BCUT2D eigenvalue weighted by molar-refractivity contribution is -0.133. The summed E-state index contributed by atoms with van der Waals surface area (Å²) in [5, 5.41) is 5.43. The smallest absolute Gasteiger partial charge is 0.271 e. The van der Waals surface area contributed by atoms with Crippen molar-refractivity contribution in [2.75, 3.05) is 19.6 Å². The van der Waals surface area contributed by atoms with Crippen LogP contribution < -0.4 is 5.32 Å². The molecule has 192 valence electrons. The van der Waals surface area contributed by atoms with Crippen LogP contribution in [-0.4, -0.2) is 63.4 Å². The van der Waals surface area contributed by atoms with Crippen LogP contribution >= 0.6 is 11.3 Å². The molecule has 2 fully saturated rings. The van der Waals surface area contributed by atoms with Crippen LogP contribution in [0.1, 0.15) is 89.0 Å². The molecule has 2 aliphatic heterocycles. The van der Waals surface area contributed by atoms with Gasteiger partial charge in [0.1, 0.15) is 11.2 Å². The zero-order valence-corrected chi connectivity index (χ0v) is 22.5. The number of hydrogen-bond donors (Lipinski definition) is 1. The predicted molar refractivity (Wildman–Crippen MR) is 143 cm³/mol. The fourth-order valence-electron chi connectivity index (χ4n) is 6.62. The lowest BCUT2D eigenvalue weighted by Crippen LogP contribution is -2.65. The number of likely N-dealkylation sites (tertiary alicyclic amines) is 1. The highest BCUT2D eigenvalue weighted by molar-refractivity contribution is 7.17. The molecule has 0 radical (unpaired) electrons. The zero-order chi connectivity index (χ0) is 24.6. The minimum absolute atomic E-state index is 0.000233. The number of aromatic nitrogens is 1. The van der Waals surface area contributed by atoms with E-state index in [4.69, 9.17) is 0 Å². The van der Waals surface area contributed by atoms with E-state index in [1.807, 2.05) is 17.9 Å². The van der Waals surface area contributed by atoms with Gasteiger partial charge in [-0.25, -0.2) is 0 Å². The first kappa shape index (κ1) is 24.8. The number of amides is 2. The molecule has 0 bridgehead atoms. The number of hydrogen-bond acceptors (Lipinski definition) is 4. The van der Waals surface area contributed by atoms with E-state index < -0.39 is 5.54 Å². The van der Waals surface area contributed by atoms with Crippen LogP contribution in [-0.2, 0) is 11.3 Å². The monoisotopic (exact) mass is 498 g/mol.